The first kappa shape index (κ1) is 23.6. The second kappa shape index (κ2) is 12.1. The first-order valence-electron chi connectivity index (χ1n) is 9.21. The number of halogens is 1. The van der Waals surface area contributed by atoms with Crippen LogP contribution >= 0.6 is 11.6 Å². The van der Waals surface area contributed by atoms with Crippen LogP contribution in [0.25, 0.3) is 0 Å². The van der Waals surface area contributed by atoms with Crippen molar-refractivity contribution in [3.8, 4) is 0 Å². The zero-order valence-electron chi connectivity index (χ0n) is 16.8. The highest BCUT2D eigenvalue weighted by Crippen LogP contribution is 2.21. The summed E-state index contributed by atoms with van der Waals surface area (Å²) in [6, 6.07) is 7.39. The normalized spacial score (nSPS) is 10.0. The first-order chi connectivity index (χ1) is 13.3. The number of hydrogen-bond acceptors (Lipinski definition) is 6. The number of esters is 1. The van der Waals surface area contributed by atoms with Gasteiger partial charge in [0.2, 0.25) is 0 Å². The molecule has 0 N–H and O–H groups in total. The zero-order valence-corrected chi connectivity index (χ0v) is 17.5. The van der Waals surface area contributed by atoms with Crippen LogP contribution < -0.4 is 5.11 Å². The van der Waals surface area contributed by atoms with Crippen LogP contribution in [0.5, 0.6) is 0 Å². The van der Waals surface area contributed by atoms with Crippen LogP contribution in [0, 0.1) is 0 Å². The van der Waals surface area contributed by atoms with E-state index in [9.17, 15) is 4.79 Å². The minimum atomic E-state index is -1.08. The third-order valence-corrected chi connectivity index (χ3v) is 4.26. The highest BCUT2D eigenvalue weighted by molar-refractivity contribution is 6.30. The molecular formula is C21H26ClN2O4-. The van der Waals surface area contributed by atoms with Gasteiger partial charge in [0.15, 0.2) is 0 Å². The Kier molecular flexibility index (Phi) is 10.2. The number of carbonyl (C=O) groups excluding carboxylic acids is 2. The topological polar surface area (TPSA) is 92.2 Å². The largest absolute Gasteiger partial charge is 0.550 e. The molecule has 6 nitrogen and oxygen atoms in total. The highest BCUT2D eigenvalue weighted by atomic mass is 35.5. The predicted molar refractivity (Wildman–Crippen MR) is 106 cm³/mol. The van der Waals surface area contributed by atoms with Crippen molar-refractivity contribution in [3.05, 3.63) is 57.6 Å². The number of ether oxygens (including phenoxy) is 1. The Bertz CT molecular complexity index is 788. The second-order valence-electron chi connectivity index (χ2n) is 6.17. The molecule has 0 atom stereocenters. The number of carboxylic acids is 1. The van der Waals surface area contributed by atoms with Gasteiger partial charge in [0, 0.05) is 24.4 Å². The van der Waals surface area contributed by atoms with Crippen molar-refractivity contribution in [2.24, 2.45) is 0 Å². The molecule has 0 saturated carbocycles. The maximum atomic E-state index is 11.5. The molecule has 0 aliphatic rings. The zero-order chi connectivity index (χ0) is 21.1. The molecule has 0 unspecified atom stereocenters. The van der Waals surface area contributed by atoms with E-state index in [4.69, 9.17) is 31.2 Å². The number of aliphatic carboxylic acids is 1. The minimum Gasteiger partial charge on any atom is -0.550 e. The Morgan fingerprint density at radius 2 is 1.75 bits per heavy atom. The van der Waals surface area contributed by atoms with E-state index < -0.39 is 5.97 Å². The molecule has 0 fully saturated rings. The van der Waals surface area contributed by atoms with E-state index in [2.05, 4.69) is 18.8 Å². The molecule has 0 radical (unpaired) electrons. The molecule has 0 saturated heterocycles. The molecule has 2 aromatic rings. The quantitative estimate of drug-likeness (QED) is 0.519. The number of nitrogens with zero attached hydrogens (tertiary/aromatic N) is 2. The van der Waals surface area contributed by atoms with Gasteiger partial charge in [-0.25, -0.2) is 14.8 Å². The van der Waals surface area contributed by atoms with E-state index in [1.165, 1.54) is 7.11 Å². The van der Waals surface area contributed by atoms with Gasteiger partial charge in [0.1, 0.15) is 11.0 Å². The number of unbranched alkanes of at least 4 members (excludes halogenated alkanes) is 1. The molecule has 1 heterocycles. The van der Waals surface area contributed by atoms with Crippen LogP contribution in [-0.2, 0) is 28.8 Å². The van der Waals surface area contributed by atoms with E-state index >= 15 is 0 Å². The summed E-state index contributed by atoms with van der Waals surface area (Å²) >= 11 is 6.35. The summed E-state index contributed by atoms with van der Waals surface area (Å²) in [5.41, 5.74) is 3.58. The lowest BCUT2D eigenvalue weighted by molar-refractivity contribution is -0.302. The van der Waals surface area contributed by atoms with Crippen molar-refractivity contribution in [2.45, 2.75) is 52.9 Å². The molecule has 28 heavy (non-hydrogen) atoms. The standard InChI is InChI=1S/C19H23ClN2O2.C2H4O2/c1-4-6-7-17-21-16(15(5-2)18(20)22-17)12-13-8-10-14(11-9-13)19(23)24-3;1-2(3)4/h8-11H,4-7,12H2,1-3H3;1H3,(H,3,4)/p-1. The fourth-order valence-corrected chi connectivity index (χ4v) is 2.90. The number of aryl methyl sites for hydroxylation is 1. The van der Waals surface area contributed by atoms with Gasteiger partial charge in [0.25, 0.3) is 0 Å². The van der Waals surface area contributed by atoms with Gasteiger partial charge in [-0.2, -0.15) is 0 Å². The van der Waals surface area contributed by atoms with Crippen LogP contribution in [-0.4, -0.2) is 29.0 Å². The van der Waals surface area contributed by atoms with Crippen LogP contribution in [0.15, 0.2) is 24.3 Å². The van der Waals surface area contributed by atoms with Crippen LogP contribution in [0.3, 0.4) is 0 Å². The smallest absolute Gasteiger partial charge is 0.337 e. The van der Waals surface area contributed by atoms with Crippen molar-refractivity contribution in [3.63, 3.8) is 0 Å². The Hall–Kier alpha value is -2.47. The lowest BCUT2D eigenvalue weighted by Gasteiger charge is -2.11. The fraction of sp³-hybridized carbons (Fsp3) is 0.429. The van der Waals surface area contributed by atoms with Crippen molar-refractivity contribution >= 4 is 23.5 Å². The van der Waals surface area contributed by atoms with Gasteiger partial charge in [0.05, 0.1) is 18.4 Å². The third-order valence-electron chi connectivity index (χ3n) is 3.94. The molecular weight excluding hydrogens is 380 g/mol. The van der Waals surface area contributed by atoms with E-state index in [1.54, 1.807) is 12.1 Å². The van der Waals surface area contributed by atoms with E-state index in [-0.39, 0.29) is 5.97 Å². The fourth-order valence-electron chi connectivity index (χ4n) is 2.56. The number of methoxy groups -OCH3 is 1. The average molecular weight is 406 g/mol. The highest BCUT2D eigenvalue weighted by Gasteiger charge is 2.13. The molecule has 7 heteroatoms. The van der Waals surface area contributed by atoms with Gasteiger partial charge in [-0.3, -0.25) is 0 Å². The Morgan fingerprint density at radius 1 is 1.14 bits per heavy atom. The summed E-state index contributed by atoms with van der Waals surface area (Å²) in [6.07, 6.45) is 4.46. The summed E-state index contributed by atoms with van der Waals surface area (Å²) in [6.45, 7) is 5.17. The summed E-state index contributed by atoms with van der Waals surface area (Å²) in [4.78, 5) is 29.6. The van der Waals surface area contributed by atoms with Crippen LogP contribution in [0.1, 0.15) is 66.6 Å². The van der Waals surface area contributed by atoms with Gasteiger partial charge in [-0.1, -0.05) is 44.0 Å². The van der Waals surface area contributed by atoms with E-state index in [0.717, 1.165) is 55.3 Å². The molecule has 0 bridgehead atoms. The Morgan fingerprint density at radius 3 is 2.25 bits per heavy atom. The molecule has 0 spiro atoms. The molecule has 2 rings (SSSR count). The third kappa shape index (κ3) is 7.64. The molecule has 0 aliphatic carbocycles. The lowest BCUT2D eigenvalue weighted by atomic mass is 10.0. The summed E-state index contributed by atoms with van der Waals surface area (Å²) < 4.78 is 4.72. The number of hydrogen-bond donors (Lipinski definition) is 0. The number of aromatic nitrogens is 2. The maximum absolute atomic E-state index is 11.5. The van der Waals surface area contributed by atoms with E-state index in [0.29, 0.717) is 17.1 Å². The van der Waals surface area contributed by atoms with Gasteiger partial charge < -0.3 is 14.6 Å². The summed E-state index contributed by atoms with van der Waals surface area (Å²) in [7, 11) is 1.38. The van der Waals surface area contributed by atoms with Crippen molar-refractivity contribution in [2.75, 3.05) is 7.11 Å². The Labute approximate surface area is 170 Å². The number of carbonyl (C=O) groups is 2. The van der Waals surface area contributed by atoms with Crippen LogP contribution in [0.4, 0.5) is 0 Å². The van der Waals surface area contributed by atoms with Crippen molar-refractivity contribution in [1.29, 1.82) is 0 Å². The number of carboxylic acid groups (broad SMARTS) is 1. The number of rotatable bonds is 7. The Balaban J connectivity index is 0.000000892. The van der Waals surface area contributed by atoms with Gasteiger partial charge >= 0.3 is 5.97 Å². The lowest BCUT2D eigenvalue weighted by Crippen LogP contribution is -2.16. The monoisotopic (exact) mass is 405 g/mol. The molecule has 0 amide bonds. The average Bonchev–Trinajstić information content (AvgIpc) is 2.66. The van der Waals surface area contributed by atoms with E-state index in [1.807, 2.05) is 12.1 Å². The van der Waals surface area contributed by atoms with Crippen molar-refractivity contribution < 1.29 is 19.4 Å². The molecule has 0 aliphatic heterocycles. The molecule has 152 valence electrons. The first-order valence-corrected chi connectivity index (χ1v) is 9.59. The van der Waals surface area contributed by atoms with Gasteiger partial charge in [-0.15, -0.1) is 0 Å². The summed E-state index contributed by atoms with van der Waals surface area (Å²) in [5.74, 6) is -0.608. The summed E-state index contributed by atoms with van der Waals surface area (Å²) in [5, 5.41) is 9.44. The molecule has 1 aromatic carbocycles. The predicted octanol–water partition coefficient (Wildman–Crippen LogP) is 3.17. The number of benzene rings is 1. The maximum Gasteiger partial charge on any atom is 0.337 e. The van der Waals surface area contributed by atoms with Crippen LogP contribution in [0.2, 0.25) is 5.15 Å². The SMILES string of the molecule is CC(=O)[O-].CCCCc1nc(Cl)c(CC)c(Cc2ccc(C(=O)OC)cc2)n1. The second-order valence-corrected chi connectivity index (χ2v) is 6.53. The van der Waals surface area contributed by atoms with Crippen molar-refractivity contribution in [1.82, 2.24) is 9.97 Å². The minimum absolute atomic E-state index is 0.331. The molecule has 1 aromatic heterocycles. The van der Waals surface area contributed by atoms with Gasteiger partial charge in [-0.05, 0) is 37.5 Å².